The van der Waals surface area contributed by atoms with E-state index in [1.165, 1.54) is 10.8 Å². The molecule has 0 aliphatic carbocycles. The lowest BCUT2D eigenvalue weighted by Crippen LogP contribution is -1.99. The first-order valence-corrected chi connectivity index (χ1v) is 12.8. The van der Waals surface area contributed by atoms with Gasteiger partial charge < -0.3 is 4.57 Å². The van der Waals surface area contributed by atoms with Gasteiger partial charge in [0.2, 0.25) is 0 Å². The van der Waals surface area contributed by atoms with Crippen molar-refractivity contribution in [2.45, 2.75) is 0 Å². The zero-order chi connectivity index (χ0) is 26.2. The summed E-state index contributed by atoms with van der Waals surface area (Å²) in [6, 6.07) is 47.2. The van der Waals surface area contributed by atoms with E-state index >= 15 is 0 Å². The fourth-order valence-electron chi connectivity index (χ4n) is 5.25. The highest BCUT2D eigenvalue weighted by atomic mass is 15.0. The lowest BCUT2D eigenvalue weighted by molar-refractivity contribution is 1.16. The Balaban J connectivity index is 1.43. The molecular weight excluding hydrogens is 476 g/mol. The molecule has 182 valence electrons. The average Bonchev–Trinajstić information content (AvgIpc) is 3.36. The molecule has 0 saturated carbocycles. The summed E-state index contributed by atoms with van der Waals surface area (Å²) in [4.78, 5) is 9.81. The fourth-order valence-corrected chi connectivity index (χ4v) is 5.25. The molecule has 0 saturated heterocycles. The van der Waals surface area contributed by atoms with Gasteiger partial charge in [-0.2, -0.15) is 5.26 Å². The highest BCUT2D eigenvalue weighted by molar-refractivity contribution is 6.09. The minimum absolute atomic E-state index is 0.561. The second-order valence-corrected chi connectivity index (χ2v) is 9.41. The molecule has 0 spiro atoms. The minimum atomic E-state index is 0.561. The Bertz CT molecular complexity index is 1910. The Hall–Kier alpha value is -5.53. The number of aromatic nitrogens is 3. The van der Waals surface area contributed by atoms with Crippen LogP contribution < -0.4 is 0 Å². The van der Waals surface area contributed by atoms with E-state index in [2.05, 4.69) is 53.1 Å². The first-order valence-electron chi connectivity index (χ1n) is 12.8. The number of rotatable bonds is 4. The van der Waals surface area contributed by atoms with Crippen molar-refractivity contribution in [3.63, 3.8) is 0 Å². The summed E-state index contributed by atoms with van der Waals surface area (Å²) in [6.07, 6.45) is 0. The first-order chi connectivity index (χ1) is 19.3. The van der Waals surface area contributed by atoms with Gasteiger partial charge in [0.15, 0.2) is 5.82 Å². The average molecular weight is 499 g/mol. The second-order valence-electron chi connectivity index (χ2n) is 9.41. The molecule has 7 aromatic rings. The normalized spacial score (nSPS) is 11.1. The van der Waals surface area contributed by atoms with Crippen LogP contribution in [-0.4, -0.2) is 14.5 Å². The molecule has 2 heterocycles. The molecule has 4 nitrogen and oxygen atoms in total. The van der Waals surface area contributed by atoms with Gasteiger partial charge in [-0.3, -0.25) is 0 Å². The monoisotopic (exact) mass is 498 g/mol. The number of nitrogens with zero attached hydrogens (tertiary/aromatic N) is 4. The molecule has 0 N–H and O–H groups in total. The van der Waals surface area contributed by atoms with E-state index in [1.54, 1.807) is 0 Å². The molecule has 0 amide bonds. The van der Waals surface area contributed by atoms with E-state index in [1.807, 2.05) is 91.0 Å². The van der Waals surface area contributed by atoms with Crippen LogP contribution in [0.25, 0.3) is 61.4 Å². The van der Waals surface area contributed by atoms with Gasteiger partial charge >= 0.3 is 0 Å². The van der Waals surface area contributed by atoms with E-state index < -0.39 is 0 Å². The van der Waals surface area contributed by atoms with E-state index in [4.69, 9.17) is 9.97 Å². The SMILES string of the molecule is N#Cc1cc(-n2c3ccccc3c3ccccc32)ccc1-c1cc(-c2ccccc2)nc(-c2ccccc2)n1. The number of fused-ring (bicyclic) bond motifs is 3. The Kier molecular flexibility index (Phi) is 5.46. The number of hydrogen-bond acceptors (Lipinski definition) is 3. The largest absolute Gasteiger partial charge is 0.309 e. The predicted octanol–water partition coefficient (Wildman–Crippen LogP) is 8.45. The summed E-state index contributed by atoms with van der Waals surface area (Å²) in [7, 11) is 0. The van der Waals surface area contributed by atoms with Crippen molar-refractivity contribution in [2.24, 2.45) is 0 Å². The van der Waals surface area contributed by atoms with Gasteiger partial charge in [-0.05, 0) is 36.4 Å². The lowest BCUT2D eigenvalue weighted by atomic mass is 10.0. The summed E-state index contributed by atoms with van der Waals surface area (Å²) < 4.78 is 2.22. The topological polar surface area (TPSA) is 54.5 Å². The number of para-hydroxylation sites is 2. The summed E-state index contributed by atoms with van der Waals surface area (Å²) in [5.74, 6) is 0.627. The predicted molar refractivity (Wildman–Crippen MR) is 157 cm³/mol. The van der Waals surface area contributed by atoms with E-state index in [9.17, 15) is 5.26 Å². The van der Waals surface area contributed by atoms with Crippen LogP contribution in [0.15, 0.2) is 133 Å². The lowest BCUT2D eigenvalue weighted by Gasteiger charge is -2.13. The number of nitriles is 1. The summed E-state index contributed by atoms with van der Waals surface area (Å²) in [6.45, 7) is 0. The molecule has 0 bridgehead atoms. The summed E-state index contributed by atoms with van der Waals surface area (Å²) in [5.41, 5.74) is 7.95. The summed E-state index contributed by atoms with van der Waals surface area (Å²) >= 11 is 0. The molecule has 0 fully saturated rings. The van der Waals surface area contributed by atoms with Crippen molar-refractivity contribution in [1.82, 2.24) is 14.5 Å². The third kappa shape index (κ3) is 3.94. The zero-order valence-electron chi connectivity index (χ0n) is 21.0. The zero-order valence-corrected chi connectivity index (χ0v) is 21.0. The number of benzene rings is 5. The van der Waals surface area contributed by atoms with Crippen molar-refractivity contribution in [3.8, 4) is 45.7 Å². The maximum Gasteiger partial charge on any atom is 0.160 e. The van der Waals surface area contributed by atoms with Gasteiger partial charge in [-0.25, -0.2) is 9.97 Å². The van der Waals surface area contributed by atoms with Crippen LogP contribution in [-0.2, 0) is 0 Å². The Labute approximate surface area is 226 Å². The van der Waals surface area contributed by atoms with Crippen molar-refractivity contribution in [1.29, 1.82) is 5.26 Å². The second kappa shape index (κ2) is 9.41. The summed E-state index contributed by atoms with van der Waals surface area (Å²) in [5, 5.41) is 12.7. The Morgan fingerprint density at radius 1 is 0.538 bits per heavy atom. The van der Waals surface area contributed by atoms with Crippen molar-refractivity contribution < 1.29 is 0 Å². The van der Waals surface area contributed by atoms with E-state index in [0.29, 0.717) is 17.1 Å². The maximum absolute atomic E-state index is 10.3. The smallest absolute Gasteiger partial charge is 0.160 e. The van der Waals surface area contributed by atoms with Crippen molar-refractivity contribution >= 4 is 21.8 Å². The first kappa shape index (κ1) is 22.7. The molecule has 0 aliphatic rings. The number of hydrogen-bond donors (Lipinski definition) is 0. The van der Waals surface area contributed by atoms with Crippen LogP contribution in [0.3, 0.4) is 0 Å². The van der Waals surface area contributed by atoms with Gasteiger partial charge in [0.05, 0.1) is 34.1 Å². The standard InChI is InChI=1S/C35H22N4/c36-23-26-21-27(39-33-17-9-7-15-29(33)30-16-8-10-18-34(30)39)19-20-28(26)32-22-31(24-11-3-1-4-12-24)37-35(38-32)25-13-5-2-6-14-25/h1-22H. The molecule has 0 unspecified atom stereocenters. The molecular formula is C35H22N4. The maximum atomic E-state index is 10.3. The fraction of sp³-hybridized carbons (Fsp3) is 0. The molecule has 2 aromatic heterocycles. The van der Waals surface area contributed by atoms with Gasteiger partial charge in [0, 0.05) is 33.2 Å². The van der Waals surface area contributed by atoms with Crippen molar-refractivity contribution in [2.75, 3.05) is 0 Å². The van der Waals surface area contributed by atoms with Crippen molar-refractivity contribution in [3.05, 3.63) is 139 Å². The van der Waals surface area contributed by atoms with E-state index in [-0.39, 0.29) is 0 Å². The molecule has 0 radical (unpaired) electrons. The molecule has 39 heavy (non-hydrogen) atoms. The molecule has 0 atom stereocenters. The van der Waals surface area contributed by atoms with Gasteiger partial charge in [-0.15, -0.1) is 0 Å². The quantitative estimate of drug-likeness (QED) is 0.245. The van der Waals surface area contributed by atoms with Crippen LogP contribution in [0.4, 0.5) is 0 Å². The molecule has 5 aromatic carbocycles. The van der Waals surface area contributed by atoms with Crippen LogP contribution in [0.1, 0.15) is 5.56 Å². The minimum Gasteiger partial charge on any atom is -0.309 e. The third-order valence-electron chi connectivity index (χ3n) is 7.07. The van der Waals surface area contributed by atoms with Gasteiger partial charge in [0.1, 0.15) is 0 Å². The van der Waals surface area contributed by atoms with E-state index in [0.717, 1.165) is 39.1 Å². The molecule has 0 aliphatic heterocycles. The highest BCUT2D eigenvalue weighted by Crippen LogP contribution is 2.34. The van der Waals surface area contributed by atoms with Crippen LogP contribution in [0, 0.1) is 11.3 Å². The molecule has 4 heteroatoms. The van der Waals surface area contributed by atoms with Gasteiger partial charge in [-0.1, -0.05) is 97.1 Å². The Morgan fingerprint density at radius 3 is 1.74 bits per heavy atom. The Morgan fingerprint density at radius 2 is 1.10 bits per heavy atom. The van der Waals surface area contributed by atoms with Crippen LogP contribution in [0.2, 0.25) is 0 Å². The van der Waals surface area contributed by atoms with Crippen LogP contribution >= 0.6 is 0 Å². The highest BCUT2D eigenvalue weighted by Gasteiger charge is 2.16. The van der Waals surface area contributed by atoms with Gasteiger partial charge in [0.25, 0.3) is 0 Å². The third-order valence-corrected chi connectivity index (χ3v) is 7.07. The molecule has 7 rings (SSSR count). The van der Waals surface area contributed by atoms with Crippen LogP contribution in [0.5, 0.6) is 0 Å².